The number of benzene rings is 1. The Bertz CT molecular complexity index is 422. The van der Waals surface area contributed by atoms with Crippen molar-refractivity contribution in [3.63, 3.8) is 0 Å². The average molecular weight is 245 g/mol. The number of nitrogen functional groups attached to an aromatic ring is 1. The molecule has 0 saturated heterocycles. The highest BCUT2D eigenvalue weighted by Gasteiger charge is 2.20. The molecule has 4 N–H and O–H groups in total. The second-order valence-corrected chi connectivity index (χ2v) is 3.41. The van der Waals surface area contributed by atoms with Gasteiger partial charge < -0.3 is 15.9 Å². The third kappa shape index (κ3) is 2.77. The maximum absolute atomic E-state index is 10.6. The number of nitrogens with two attached hydrogens (primary N) is 1. The van der Waals surface area contributed by atoms with E-state index in [-0.39, 0.29) is 16.5 Å². The minimum atomic E-state index is -1.56. The molecule has 16 heavy (non-hydrogen) atoms. The van der Waals surface area contributed by atoms with Crippen LogP contribution < -0.4 is 5.73 Å². The Hall–Kier alpha value is -1.95. The van der Waals surface area contributed by atoms with Crippen LogP contribution in [0.3, 0.4) is 0 Å². The molecule has 0 atom stereocenters. The van der Waals surface area contributed by atoms with Crippen molar-refractivity contribution in [2.45, 2.75) is 6.54 Å². The number of hydrogen-bond acceptors (Lipinski definition) is 3. The zero-order valence-corrected chi connectivity index (χ0v) is 8.81. The fourth-order valence-electron chi connectivity index (χ4n) is 1.10. The lowest BCUT2D eigenvalue weighted by molar-refractivity contribution is 0.120. The maximum Gasteiger partial charge on any atom is 0.417 e. The molecule has 0 bridgehead atoms. The number of hydrogen-bond donors (Lipinski definition) is 3. The van der Waals surface area contributed by atoms with Crippen molar-refractivity contribution in [3.05, 3.63) is 28.8 Å². The predicted octanol–water partition coefficient (Wildman–Crippen LogP) is 2.08. The highest BCUT2D eigenvalue weighted by Crippen LogP contribution is 2.20. The van der Waals surface area contributed by atoms with Gasteiger partial charge in [0.25, 0.3) is 0 Å². The Balaban J connectivity index is 2.97. The van der Waals surface area contributed by atoms with Crippen LogP contribution in [0.5, 0.6) is 0 Å². The standard InChI is InChI=1S/C9H9ClN2O4/c10-7-2-1-6(11)3-5(7)4-12(8(13)14)9(15)16/h1-3H,4,11H2,(H,13,14)(H,15,16). The van der Waals surface area contributed by atoms with Crippen LogP contribution in [0.15, 0.2) is 18.2 Å². The summed E-state index contributed by atoms with van der Waals surface area (Å²) in [4.78, 5) is 21.4. The van der Waals surface area contributed by atoms with E-state index in [9.17, 15) is 9.59 Å². The number of halogens is 1. The van der Waals surface area contributed by atoms with E-state index in [1.807, 2.05) is 0 Å². The predicted molar refractivity (Wildman–Crippen MR) is 57.5 cm³/mol. The molecule has 0 fully saturated rings. The van der Waals surface area contributed by atoms with E-state index < -0.39 is 12.2 Å². The van der Waals surface area contributed by atoms with Gasteiger partial charge in [0.15, 0.2) is 0 Å². The Morgan fingerprint density at radius 3 is 2.38 bits per heavy atom. The third-order valence-electron chi connectivity index (χ3n) is 1.86. The molecular weight excluding hydrogens is 236 g/mol. The molecule has 1 rings (SSSR count). The molecule has 0 radical (unpaired) electrons. The van der Waals surface area contributed by atoms with Crippen LogP contribution in [-0.4, -0.2) is 27.3 Å². The Morgan fingerprint density at radius 2 is 1.88 bits per heavy atom. The van der Waals surface area contributed by atoms with Gasteiger partial charge in [0.2, 0.25) is 0 Å². The van der Waals surface area contributed by atoms with Crippen molar-refractivity contribution >= 4 is 29.5 Å². The van der Waals surface area contributed by atoms with Crippen LogP contribution in [0.25, 0.3) is 0 Å². The smallest absolute Gasteiger partial charge is 0.417 e. The van der Waals surface area contributed by atoms with E-state index in [0.29, 0.717) is 11.3 Å². The first-order chi connectivity index (χ1) is 7.41. The summed E-state index contributed by atoms with van der Waals surface area (Å²) < 4.78 is 0. The van der Waals surface area contributed by atoms with Crippen LogP contribution in [0, 0.1) is 0 Å². The van der Waals surface area contributed by atoms with E-state index in [1.165, 1.54) is 18.2 Å². The monoisotopic (exact) mass is 244 g/mol. The molecule has 0 aliphatic rings. The summed E-state index contributed by atoms with van der Waals surface area (Å²) in [5.74, 6) is 0. The first-order valence-electron chi connectivity index (χ1n) is 4.19. The highest BCUT2D eigenvalue weighted by molar-refractivity contribution is 6.31. The van der Waals surface area contributed by atoms with Crippen LogP contribution in [0.2, 0.25) is 5.02 Å². The molecule has 0 spiro atoms. The molecule has 2 amide bonds. The summed E-state index contributed by atoms with van der Waals surface area (Å²) >= 11 is 5.78. The second kappa shape index (κ2) is 4.71. The molecule has 0 unspecified atom stereocenters. The van der Waals surface area contributed by atoms with E-state index >= 15 is 0 Å². The van der Waals surface area contributed by atoms with E-state index in [2.05, 4.69) is 0 Å². The summed E-state index contributed by atoms with van der Waals surface area (Å²) in [5, 5.41) is 17.5. The Kier molecular flexibility index (Phi) is 3.57. The van der Waals surface area contributed by atoms with Gasteiger partial charge in [-0.1, -0.05) is 11.6 Å². The largest absolute Gasteiger partial charge is 0.465 e. The summed E-state index contributed by atoms with van der Waals surface area (Å²) in [6.07, 6.45) is -3.13. The van der Waals surface area contributed by atoms with E-state index in [4.69, 9.17) is 27.5 Å². The molecule has 0 aliphatic heterocycles. The van der Waals surface area contributed by atoms with Gasteiger partial charge in [0, 0.05) is 10.7 Å². The minimum absolute atomic E-state index is 0.223. The van der Waals surface area contributed by atoms with Crippen LogP contribution in [0.4, 0.5) is 15.3 Å². The van der Waals surface area contributed by atoms with E-state index in [0.717, 1.165) is 0 Å². The number of rotatable bonds is 2. The number of amides is 2. The van der Waals surface area contributed by atoms with Gasteiger partial charge in [-0.2, -0.15) is 0 Å². The molecule has 1 aromatic rings. The fraction of sp³-hybridized carbons (Fsp3) is 0.111. The van der Waals surface area contributed by atoms with Crippen LogP contribution >= 0.6 is 11.6 Å². The summed E-state index contributed by atoms with van der Waals surface area (Å²) in [6, 6.07) is 4.45. The number of imide groups is 1. The molecule has 0 aliphatic carbocycles. The first kappa shape index (κ1) is 12.1. The molecule has 6 nitrogen and oxygen atoms in total. The minimum Gasteiger partial charge on any atom is -0.465 e. The highest BCUT2D eigenvalue weighted by atomic mass is 35.5. The number of carbonyl (C=O) groups is 2. The molecule has 7 heteroatoms. The molecule has 0 saturated carbocycles. The van der Waals surface area contributed by atoms with Gasteiger partial charge in [-0.3, -0.25) is 0 Å². The Morgan fingerprint density at radius 1 is 1.31 bits per heavy atom. The van der Waals surface area contributed by atoms with Crippen molar-refractivity contribution in [3.8, 4) is 0 Å². The Labute approximate surface area is 95.8 Å². The maximum atomic E-state index is 10.6. The lowest BCUT2D eigenvalue weighted by Gasteiger charge is -2.14. The van der Waals surface area contributed by atoms with Gasteiger partial charge in [-0.25, -0.2) is 14.5 Å². The first-order valence-corrected chi connectivity index (χ1v) is 4.57. The lowest BCUT2D eigenvalue weighted by atomic mass is 10.2. The molecule has 86 valence electrons. The third-order valence-corrected chi connectivity index (χ3v) is 2.23. The topological polar surface area (TPSA) is 104 Å². The fourth-order valence-corrected chi connectivity index (χ4v) is 1.28. The van der Waals surface area contributed by atoms with Crippen molar-refractivity contribution < 1.29 is 19.8 Å². The second-order valence-electron chi connectivity index (χ2n) is 3.00. The zero-order chi connectivity index (χ0) is 12.3. The van der Waals surface area contributed by atoms with Gasteiger partial charge in [-0.15, -0.1) is 0 Å². The van der Waals surface area contributed by atoms with Gasteiger partial charge >= 0.3 is 12.2 Å². The van der Waals surface area contributed by atoms with E-state index in [1.54, 1.807) is 0 Å². The zero-order valence-electron chi connectivity index (χ0n) is 8.05. The average Bonchev–Trinajstić information content (AvgIpc) is 2.18. The van der Waals surface area contributed by atoms with Crippen LogP contribution in [0.1, 0.15) is 5.56 Å². The summed E-state index contributed by atoms with van der Waals surface area (Å²) in [6.45, 7) is -0.353. The number of anilines is 1. The number of carboxylic acid groups (broad SMARTS) is 2. The molecule has 0 heterocycles. The molecule has 1 aromatic carbocycles. The van der Waals surface area contributed by atoms with Gasteiger partial charge in [-0.05, 0) is 23.8 Å². The van der Waals surface area contributed by atoms with Crippen LogP contribution in [-0.2, 0) is 6.54 Å². The molecule has 0 aromatic heterocycles. The van der Waals surface area contributed by atoms with Crippen molar-refractivity contribution in [2.75, 3.05) is 5.73 Å². The number of nitrogens with zero attached hydrogens (tertiary/aromatic N) is 1. The SMILES string of the molecule is Nc1ccc(Cl)c(CN(C(=O)O)C(=O)O)c1. The molecular formula is C9H9ClN2O4. The summed E-state index contributed by atoms with van der Waals surface area (Å²) in [5.41, 5.74) is 6.21. The van der Waals surface area contributed by atoms with Crippen molar-refractivity contribution in [1.29, 1.82) is 0 Å². The lowest BCUT2D eigenvalue weighted by Crippen LogP contribution is -2.33. The van der Waals surface area contributed by atoms with Gasteiger partial charge in [0.1, 0.15) is 0 Å². The van der Waals surface area contributed by atoms with Crippen molar-refractivity contribution in [1.82, 2.24) is 4.90 Å². The summed E-state index contributed by atoms with van der Waals surface area (Å²) in [7, 11) is 0. The van der Waals surface area contributed by atoms with Gasteiger partial charge in [0.05, 0.1) is 6.54 Å². The normalized spacial score (nSPS) is 9.81. The quantitative estimate of drug-likeness (QED) is 0.691. The van der Waals surface area contributed by atoms with Crippen molar-refractivity contribution in [2.24, 2.45) is 0 Å².